The van der Waals surface area contributed by atoms with Gasteiger partial charge >= 0.3 is 6.03 Å². The van der Waals surface area contributed by atoms with E-state index in [0.29, 0.717) is 0 Å². The summed E-state index contributed by atoms with van der Waals surface area (Å²) in [7, 11) is 1.93. The van der Waals surface area contributed by atoms with Gasteiger partial charge in [-0.3, -0.25) is 4.90 Å². The van der Waals surface area contributed by atoms with Crippen LogP contribution in [0.1, 0.15) is 68.3 Å². The first-order valence-electron chi connectivity index (χ1n) is 14.6. The number of hydrogen-bond donors (Lipinski definition) is 3. The van der Waals surface area contributed by atoms with Crippen LogP contribution in [0.25, 0.3) is 22.0 Å². The molecule has 0 spiro atoms. The molecule has 2 aliphatic heterocycles. The molecule has 0 radical (unpaired) electrons. The molecular formula is C32H42N4O2. The molecule has 0 bridgehead atoms. The highest BCUT2D eigenvalue weighted by molar-refractivity contribution is 5.97. The standard InChI is InChI=1S/C32H42N4O2/c1-20-9-7-10-22(17-20)24-13-8-14-25-26-15-16-36-19-27(21(2)37)28(18-29(36)31(26)34-30(24)25)35(3)32(38)33-23-11-5-4-6-12-23/h7-10,13-14,17,21,23,27-29,34,37H,4-6,11-12,15-16,18-19H2,1-3H3,(H,33,38)/t21-,27-,28-,29-/m0/s1. The molecule has 38 heavy (non-hydrogen) atoms. The summed E-state index contributed by atoms with van der Waals surface area (Å²) in [5.74, 6) is 0.0298. The number of aromatic nitrogens is 1. The average molecular weight is 515 g/mol. The Morgan fingerprint density at radius 2 is 1.95 bits per heavy atom. The molecule has 6 nitrogen and oxygen atoms in total. The van der Waals surface area contributed by atoms with Gasteiger partial charge in [0.25, 0.3) is 0 Å². The van der Waals surface area contributed by atoms with Crippen LogP contribution in [0, 0.1) is 12.8 Å². The van der Waals surface area contributed by atoms with E-state index in [2.05, 4.69) is 64.6 Å². The zero-order chi connectivity index (χ0) is 26.4. The molecule has 1 saturated heterocycles. The van der Waals surface area contributed by atoms with Gasteiger partial charge in [0, 0.05) is 54.8 Å². The van der Waals surface area contributed by atoms with Crippen LogP contribution in [0.4, 0.5) is 4.79 Å². The fourth-order valence-electron chi connectivity index (χ4n) is 7.37. The van der Waals surface area contributed by atoms with Crippen molar-refractivity contribution in [2.24, 2.45) is 5.92 Å². The number of piperidine rings is 1. The number of amides is 2. The minimum Gasteiger partial charge on any atom is -0.393 e. The van der Waals surface area contributed by atoms with Crippen molar-refractivity contribution < 1.29 is 9.90 Å². The lowest BCUT2D eigenvalue weighted by Crippen LogP contribution is -2.58. The van der Waals surface area contributed by atoms with Gasteiger partial charge < -0.3 is 20.3 Å². The average Bonchev–Trinajstić information content (AvgIpc) is 3.32. The number of benzene rings is 2. The second kappa shape index (κ2) is 10.4. The quantitative estimate of drug-likeness (QED) is 0.413. The van der Waals surface area contributed by atoms with Crippen LogP contribution in [0.2, 0.25) is 0 Å². The van der Waals surface area contributed by atoms with Crippen LogP contribution in [-0.4, -0.2) is 64.2 Å². The van der Waals surface area contributed by atoms with Gasteiger partial charge in [0.05, 0.1) is 17.7 Å². The van der Waals surface area contributed by atoms with Crippen LogP contribution >= 0.6 is 0 Å². The molecule has 4 atom stereocenters. The molecule has 1 aromatic heterocycles. The first-order valence-corrected chi connectivity index (χ1v) is 14.6. The minimum absolute atomic E-state index is 0.00964. The van der Waals surface area contributed by atoms with E-state index in [0.717, 1.165) is 38.8 Å². The molecular weight excluding hydrogens is 472 g/mol. The number of aromatic amines is 1. The van der Waals surface area contributed by atoms with E-state index in [9.17, 15) is 9.90 Å². The lowest BCUT2D eigenvalue weighted by molar-refractivity contribution is -0.0193. The third kappa shape index (κ3) is 4.62. The number of hydrogen-bond acceptors (Lipinski definition) is 3. The summed E-state index contributed by atoms with van der Waals surface area (Å²) in [4.78, 5) is 21.7. The highest BCUT2D eigenvalue weighted by atomic mass is 16.3. The van der Waals surface area contributed by atoms with Gasteiger partial charge in [-0.15, -0.1) is 0 Å². The van der Waals surface area contributed by atoms with Crippen molar-refractivity contribution in [3.63, 3.8) is 0 Å². The number of rotatable bonds is 4. The Kier molecular flexibility index (Phi) is 6.95. The summed E-state index contributed by atoms with van der Waals surface area (Å²) >= 11 is 0. The van der Waals surface area contributed by atoms with Gasteiger partial charge in [-0.2, -0.15) is 0 Å². The normalized spacial score (nSPS) is 25.0. The number of fused-ring (bicyclic) bond motifs is 5. The number of nitrogens with zero attached hydrogens (tertiary/aromatic N) is 2. The van der Waals surface area contributed by atoms with Gasteiger partial charge in [-0.1, -0.05) is 67.3 Å². The van der Waals surface area contributed by atoms with Gasteiger partial charge in [-0.25, -0.2) is 4.79 Å². The van der Waals surface area contributed by atoms with Crippen molar-refractivity contribution in [1.82, 2.24) is 20.1 Å². The van der Waals surface area contributed by atoms with Gasteiger partial charge in [-0.05, 0) is 50.7 Å². The van der Waals surface area contributed by atoms with Crippen molar-refractivity contribution >= 4 is 16.9 Å². The Labute approximate surface area is 226 Å². The number of para-hydroxylation sites is 1. The number of aliphatic hydroxyl groups is 1. The number of H-pyrrole nitrogens is 1. The summed E-state index contributed by atoms with van der Waals surface area (Å²) in [5, 5.41) is 15.4. The van der Waals surface area contributed by atoms with Crippen molar-refractivity contribution in [3.8, 4) is 11.1 Å². The molecule has 3 N–H and O–H groups in total. The molecule has 202 valence electrons. The lowest BCUT2D eigenvalue weighted by atomic mass is 9.80. The molecule has 2 amide bonds. The van der Waals surface area contributed by atoms with Crippen LogP contribution in [0.15, 0.2) is 42.5 Å². The third-order valence-electron chi connectivity index (χ3n) is 9.50. The number of aliphatic hydroxyl groups excluding tert-OH is 1. The SMILES string of the molecule is Cc1cccc(-c2cccc3c4c([nH]c23)[C@@H]2C[C@H](N(C)C(=O)NC3CCCCC3)[C@H]([C@H](C)O)CN2CC4)c1. The maximum atomic E-state index is 13.4. The second-order valence-corrected chi connectivity index (χ2v) is 12.0. The first-order chi connectivity index (χ1) is 18.4. The van der Waals surface area contributed by atoms with E-state index in [1.54, 1.807) is 0 Å². The zero-order valence-electron chi connectivity index (χ0n) is 23.0. The maximum absolute atomic E-state index is 13.4. The summed E-state index contributed by atoms with van der Waals surface area (Å²) in [5.41, 5.74) is 7.66. The van der Waals surface area contributed by atoms with Gasteiger partial charge in [0.1, 0.15) is 0 Å². The summed E-state index contributed by atoms with van der Waals surface area (Å²) in [6, 6.07) is 15.8. The third-order valence-corrected chi connectivity index (χ3v) is 9.50. The Hall–Kier alpha value is -2.83. The first kappa shape index (κ1) is 25.4. The maximum Gasteiger partial charge on any atom is 0.317 e. The van der Waals surface area contributed by atoms with E-state index >= 15 is 0 Å². The molecule has 3 aliphatic rings. The summed E-state index contributed by atoms with van der Waals surface area (Å²) < 4.78 is 0. The van der Waals surface area contributed by atoms with Crippen LogP contribution in [-0.2, 0) is 6.42 Å². The monoisotopic (exact) mass is 514 g/mol. The molecule has 3 aromatic rings. The second-order valence-electron chi connectivity index (χ2n) is 12.0. The number of carbonyl (C=O) groups excluding carboxylic acids is 1. The fourth-order valence-corrected chi connectivity index (χ4v) is 7.37. The molecule has 1 aliphatic carbocycles. The Morgan fingerprint density at radius 3 is 2.71 bits per heavy atom. The highest BCUT2D eigenvalue weighted by Crippen LogP contribution is 2.44. The molecule has 6 heteroatoms. The number of aryl methyl sites for hydroxylation is 1. The molecule has 1 saturated carbocycles. The molecule has 3 heterocycles. The number of urea groups is 1. The van der Waals surface area contributed by atoms with Gasteiger partial charge in [0.15, 0.2) is 0 Å². The van der Waals surface area contributed by atoms with Crippen molar-refractivity contribution in [3.05, 3.63) is 59.3 Å². The number of carbonyl (C=O) groups is 1. The summed E-state index contributed by atoms with van der Waals surface area (Å²) in [6.45, 7) is 5.81. The summed E-state index contributed by atoms with van der Waals surface area (Å²) in [6.07, 6.45) is 7.15. The Balaban J connectivity index is 1.32. The van der Waals surface area contributed by atoms with Crippen LogP contribution < -0.4 is 5.32 Å². The molecule has 2 aromatic carbocycles. The Morgan fingerprint density at radius 1 is 1.16 bits per heavy atom. The molecule has 0 unspecified atom stereocenters. The van der Waals surface area contributed by atoms with E-state index in [1.807, 2.05) is 18.9 Å². The van der Waals surface area contributed by atoms with Crippen molar-refractivity contribution in [1.29, 1.82) is 0 Å². The van der Waals surface area contributed by atoms with E-state index in [-0.39, 0.29) is 30.1 Å². The van der Waals surface area contributed by atoms with Crippen LogP contribution in [0.3, 0.4) is 0 Å². The predicted octanol–water partition coefficient (Wildman–Crippen LogP) is 5.79. The van der Waals surface area contributed by atoms with E-state index in [4.69, 9.17) is 0 Å². The molecule has 6 rings (SSSR count). The fraction of sp³-hybridized carbons (Fsp3) is 0.531. The Bertz CT molecular complexity index is 1310. The largest absolute Gasteiger partial charge is 0.393 e. The van der Waals surface area contributed by atoms with Crippen molar-refractivity contribution in [2.45, 2.75) is 83.0 Å². The van der Waals surface area contributed by atoms with Crippen LogP contribution in [0.5, 0.6) is 0 Å². The van der Waals surface area contributed by atoms with Gasteiger partial charge in [0.2, 0.25) is 0 Å². The minimum atomic E-state index is -0.470. The zero-order valence-corrected chi connectivity index (χ0v) is 23.0. The predicted molar refractivity (Wildman–Crippen MR) is 153 cm³/mol. The van der Waals surface area contributed by atoms with Crippen molar-refractivity contribution in [2.75, 3.05) is 20.1 Å². The highest BCUT2D eigenvalue weighted by Gasteiger charge is 2.44. The molecule has 2 fully saturated rings. The van der Waals surface area contributed by atoms with E-state index in [1.165, 1.54) is 58.1 Å². The number of nitrogens with one attached hydrogen (secondary N) is 2. The topological polar surface area (TPSA) is 71.6 Å². The lowest BCUT2D eigenvalue weighted by Gasteiger charge is -2.49. The van der Waals surface area contributed by atoms with E-state index < -0.39 is 6.10 Å². The smallest absolute Gasteiger partial charge is 0.317 e.